The van der Waals surface area contributed by atoms with Gasteiger partial charge in [-0.25, -0.2) is 18.2 Å². The maximum absolute atomic E-state index is 12.9. The van der Waals surface area contributed by atoms with Gasteiger partial charge in [0.2, 0.25) is 5.88 Å². The molecule has 0 spiro atoms. The van der Waals surface area contributed by atoms with E-state index in [9.17, 15) is 13.2 Å². The van der Waals surface area contributed by atoms with Crippen molar-refractivity contribution in [3.8, 4) is 5.88 Å². The number of rotatable bonds is 2. The van der Waals surface area contributed by atoms with E-state index >= 15 is 0 Å². The topological polar surface area (TPSA) is 22.1 Å². The average molecular weight is 191 g/mol. The summed E-state index contributed by atoms with van der Waals surface area (Å²) in [6.07, 6.45) is -2.85. The van der Waals surface area contributed by atoms with Crippen LogP contribution in [0.2, 0.25) is 0 Å². The third kappa shape index (κ3) is 1.91. The van der Waals surface area contributed by atoms with Crippen LogP contribution in [0.1, 0.15) is 17.7 Å². The minimum atomic E-state index is -2.85. The van der Waals surface area contributed by atoms with Crippen LogP contribution in [-0.2, 0) is 0 Å². The highest BCUT2D eigenvalue weighted by atomic mass is 19.3. The van der Waals surface area contributed by atoms with Gasteiger partial charge in [-0.3, -0.25) is 0 Å². The highest BCUT2D eigenvalue weighted by molar-refractivity contribution is 5.27. The molecule has 1 heterocycles. The summed E-state index contributed by atoms with van der Waals surface area (Å²) >= 11 is 0. The number of alkyl halides is 2. The number of hydrogen-bond acceptors (Lipinski definition) is 2. The molecule has 72 valence electrons. The highest BCUT2D eigenvalue weighted by Gasteiger charge is 2.18. The van der Waals surface area contributed by atoms with Crippen molar-refractivity contribution in [2.24, 2.45) is 0 Å². The van der Waals surface area contributed by atoms with Crippen molar-refractivity contribution in [3.05, 3.63) is 23.1 Å². The molecular weight excluding hydrogens is 183 g/mol. The van der Waals surface area contributed by atoms with Crippen molar-refractivity contribution in [2.75, 3.05) is 7.11 Å². The van der Waals surface area contributed by atoms with Crippen LogP contribution in [0.15, 0.2) is 6.07 Å². The molecule has 0 saturated carbocycles. The van der Waals surface area contributed by atoms with Crippen molar-refractivity contribution >= 4 is 0 Å². The zero-order valence-corrected chi connectivity index (χ0v) is 7.14. The summed E-state index contributed by atoms with van der Waals surface area (Å²) in [4.78, 5) is 3.63. The molecule has 0 unspecified atom stereocenters. The van der Waals surface area contributed by atoms with E-state index in [4.69, 9.17) is 0 Å². The summed E-state index contributed by atoms with van der Waals surface area (Å²) in [5.41, 5.74) is -0.715. The summed E-state index contributed by atoms with van der Waals surface area (Å²) in [7, 11) is 1.29. The van der Waals surface area contributed by atoms with Crippen LogP contribution >= 0.6 is 0 Å². The second-order valence-corrected chi connectivity index (χ2v) is 2.45. The molecule has 2 nitrogen and oxygen atoms in total. The van der Waals surface area contributed by atoms with Gasteiger partial charge >= 0.3 is 0 Å². The van der Waals surface area contributed by atoms with Gasteiger partial charge in [-0.1, -0.05) is 0 Å². The molecule has 1 aromatic rings. The second-order valence-electron chi connectivity index (χ2n) is 2.45. The lowest BCUT2D eigenvalue weighted by atomic mass is 10.2. The molecule has 1 aromatic heterocycles. The van der Waals surface area contributed by atoms with Gasteiger partial charge in [-0.05, 0) is 6.92 Å². The lowest BCUT2D eigenvalue weighted by molar-refractivity contribution is 0.144. The van der Waals surface area contributed by atoms with Gasteiger partial charge in [0.05, 0.1) is 18.4 Å². The van der Waals surface area contributed by atoms with Gasteiger partial charge in [-0.15, -0.1) is 0 Å². The summed E-state index contributed by atoms with van der Waals surface area (Å²) in [5, 5.41) is 0. The number of pyridine rings is 1. The van der Waals surface area contributed by atoms with Crippen LogP contribution in [0, 0.1) is 12.7 Å². The summed E-state index contributed by atoms with van der Waals surface area (Å²) in [5.74, 6) is -0.987. The number of aryl methyl sites for hydroxylation is 1. The van der Waals surface area contributed by atoms with E-state index in [0.717, 1.165) is 6.07 Å². The Morgan fingerprint density at radius 1 is 1.46 bits per heavy atom. The van der Waals surface area contributed by atoms with Crippen LogP contribution in [-0.4, -0.2) is 12.1 Å². The van der Waals surface area contributed by atoms with Gasteiger partial charge in [0.1, 0.15) is 5.82 Å². The molecule has 0 aliphatic rings. The molecule has 0 aromatic carbocycles. The molecule has 0 atom stereocenters. The molecule has 0 bridgehead atoms. The number of hydrogen-bond donors (Lipinski definition) is 0. The smallest absolute Gasteiger partial charge is 0.268 e. The van der Waals surface area contributed by atoms with E-state index in [-0.39, 0.29) is 11.6 Å². The van der Waals surface area contributed by atoms with Gasteiger partial charge in [0.15, 0.2) is 0 Å². The predicted molar refractivity (Wildman–Crippen MR) is 40.4 cm³/mol. The highest BCUT2D eigenvalue weighted by Crippen LogP contribution is 2.26. The van der Waals surface area contributed by atoms with E-state index in [1.807, 2.05) is 0 Å². The average Bonchev–Trinajstić information content (AvgIpc) is 2.02. The molecule has 13 heavy (non-hydrogen) atoms. The first-order valence-electron chi connectivity index (χ1n) is 3.55. The Bertz CT molecular complexity index is 291. The van der Waals surface area contributed by atoms with E-state index in [0.29, 0.717) is 0 Å². The largest absolute Gasteiger partial charge is 0.481 e. The molecule has 5 heteroatoms. The molecule has 0 radical (unpaired) electrons. The third-order valence-corrected chi connectivity index (χ3v) is 1.60. The quantitative estimate of drug-likeness (QED) is 0.716. The Kier molecular flexibility index (Phi) is 2.75. The Morgan fingerprint density at radius 2 is 2.08 bits per heavy atom. The molecule has 0 aliphatic heterocycles. The molecule has 0 N–H and O–H groups in total. The first-order chi connectivity index (χ1) is 6.06. The van der Waals surface area contributed by atoms with Crippen molar-refractivity contribution < 1.29 is 17.9 Å². The standard InChI is InChI=1S/C8H8F3NO/c1-4-7(8(10)11)5(9)3-6(12-4)13-2/h3,8H,1-2H3. The third-order valence-electron chi connectivity index (χ3n) is 1.60. The van der Waals surface area contributed by atoms with E-state index < -0.39 is 17.8 Å². The van der Waals surface area contributed by atoms with Crippen molar-refractivity contribution in [1.82, 2.24) is 4.98 Å². The van der Waals surface area contributed by atoms with E-state index in [2.05, 4.69) is 9.72 Å². The minimum Gasteiger partial charge on any atom is -0.481 e. The van der Waals surface area contributed by atoms with E-state index in [1.54, 1.807) is 0 Å². The fourth-order valence-electron chi connectivity index (χ4n) is 0.983. The molecule has 0 aliphatic carbocycles. The van der Waals surface area contributed by atoms with Gasteiger partial charge in [-0.2, -0.15) is 0 Å². The SMILES string of the molecule is COc1cc(F)c(C(F)F)c(C)n1. The summed E-state index contributed by atoms with van der Waals surface area (Å²) in [6, 6.07) is 0.842. The number of halogens is 3. The van der Waals surface area contributed by atoms with Crippen molar-refractivity contribution in [1.29, 1.82) is 0 Å². The Hall–Kier alpha value is -1.26. The lowest BCUT2D eigenvalue weighted by Crippen LogP contribution is -2.00. The van der Waals surface area contributed by atoms with Crippen LogP contribution in [0.5, 0.6) is 5.88 Å². The van der Waals surface area contributed by atoms with Crippen molar-refractivity contribution in [2.45, 2.75) is 13.3 Å². The zero-order valence-electron chi connectivity index (χ0n) is 7.14. The van der Waals surface area contributed by atoms with Crippen LogP contribution in [0.3, 0.4) is 0 Å². The Balaban J connectivity index is 3.23. The van der Waals surface area contributed by atoms with Gasteiger partial charge in [0.25, 0.3) is 6.43 Å². The number of nitrogens with zero attached hydrogens (tertiary/aromatic N) is 1. The molecular formula is C8H8F3NO. The number of ether oxygens (including phenoxy) is 1. The molecule has 0 saturated heterocycles. The van der Waals surface area contributed by atoms with E-state index in [1.165, 1.54) is 14.0 Å². The normalized spacial score (nSPS) is 10.6. The maximum Gasteiger partial charge on any atom is 0.268 e. The first kappa shape index (κ1) is 9.83. The summed E-state index contributed by atoms with van der Waals surface area (Å²) in [6.45, 7) is 1.31. The van der Waals surface area contributed by atoms with Crippen LogP contribution in [0.4, 0.5) is 13.2 Å². The number of aromatic nitrogens is 1. The lowest BCUT2D eigenvalue weighted by Gasteiger charge is -2.07. The molecule has 0 fully saturated rings. The fraction of sp³-hybridized carbons (Fsp3) is 0.375. The van der Waals surface area contributed by atoms with Crippen LogP contribution < -0.4 is 4.74 Å². The molecule has 1 rings (SSSR count). The molecule has 0 amide bonds. The number of methoxy groups -OCH3 is 1. The fourth-order valence-corrected chi connectivity index (χ4v) is 0.983. The van der Waals surface area contributed by atoms with Gasteiger partial charge < -0.3 is 4.74 Å². The maximum atomic E-state index is 12.9. The predicted octanol–water partition coefficient (Wildman–Crippen LogP) is 2.48. The van der Waals surface area contributed by atoms with Crippen LogP contribution in [0.25, 0.3) is 0 Å². The zero-order chi connectivity index (χ0) is 10.0. The minimum absolute atomic E-state index is 0.000556. The summed E-state index contributed by atoms with van der Waals surface area (Å²) < 4.78 is 42.0. The second kappa shape index (κ2) is 3.64. The monoisotopic (exact) mass is 191 g/mol. The first-order valence-corrected chi connectivity index (χ1v) is 3.55. The van der Waals surface area contributed by atoms with Gasteiger partial charge in [0, 0.05) is 6.07 Å². The Morgan fingerprint density at radius 3 is 2.46 bits per heavy atom. The Labute approximate surface area is 73.4 Å². The van der Waals surface area contributed by atoms with Crippen molar-refractivity contribution in [3.63, 3.8) is 0 Å².